The molecular formula is C26H34Cl2N4O2. The van der Waals surface area contributed by atoms with Crippen LogP contribution in [0.5, 0.6) is 0 Å². The largest absolute Gasteiger partial charge is 0.379 e. The van der Waals surface area contributed by atoms with Gasteiger partial charge in [-0.05, 0) is 65.7 Å². The highest BCUT2D eigenvalue weighted by atomic mass is 35.5. The first-order valence-electron chi connectivity index (χ1n) is 12.1. The molecule has 1 saturated carbocycles. The standard InChI is InChI=1S/C26H34Cl2N4O2/c1-14-10-21(15(2)16(3)26(14,4)5)30-22-12-29-32(25(34)24(22)28)13-23(33)31-20-9-6-17-11-18(27)7-8-19(17)20/h7-8,11-12,14-16,20-21,30H,6,9-10,13H2,1-5H3,(H,31,33)/t14-,15+,16+,20?,21+/m0/s1. The van der Waals surface area contributed by atoms with Gasteiger partial charge in [0.2, 0.25) is 5.91 Å². The highest BCUT2D eigenvalue weighted by Crippen LogP contribution is 2.48. The van der Waals surface area contributed by atoms with Gasteiger partial charge in [0, 0.05) is 11.1 Å². The van der Waals surface area contributed by atoms with E-state index in [9.17, 15) is 9.59 Å². The monoisotopic (exact) mass is 504 g/mol. The predicted octanol–water partition coefficient (Wildman–Crippen LogP) is 5.47. The van der Waals surface area contributed by atoms with E-state index in [2.05, 4.69) is 50.4 Å². The number of amides is 1. The molecule has 0 saturated heterocycles. The van der Waals surface area contributed by atoms with Crippen LogP contribution in [0.2, 0.25) is 10.0 Å². The third-order valence-corrected chi connectivity index (χ3v) is 9.21. The maximum absolute atomic E-state index is 12.9. The molecule has 4 rings (SSSR count). The van der Waals surface area contributed by atoms with Gasteiger partial charge < -0.3 is 10.6 Å². The third kappa shape index (κ3) is 4.72. The molecule has 2 aromatic rings. The average Bonchev–Trinajstić information content (AvgIpc) is 3.17. The number of benzene rings is 1. The Morgan fingerprint density at radius 3 is 2.71 bits per heavy atom. The number of nitrogens with one attached hydrogen (secondary N) is 2. The molecule has 0 radical (unpaired) electrons. The zero-order valence-corrected chi connectivity index (χ0v) is 22.0. The minimum atomic E-state index is -0.467. The van der Waals surface area contributed by atoms with E-state index in [0.717, 1.165) is 35.1 Å². The minimum Gasteiger partial charge on any atom is -0.379 e. The van der Waals surface area contributed by atoms with Crippen LogP contribution < -0.4 is 16.2 Å². The summed E-state index contributed by atoms with van der Waals surface area (Å²) in [5, 5.41) is 11.5. The number of carbonyl (C=O) groups excluding carboxylic acids is 1. The van der Waals surface area contributed by atoms with Crippen molar-refractivity contribution >= 4 is 34.8 Å². The highest BCUT2D eigenvalue weighted by molar-refractivity contribution is 6.33. The molecule has 1 aromatic heterocycles. The maximum atomic E-state index is 12.9. The van der Waals surface area contributed by atoms with Crippen LogP contribution in [0, 0.1) is 23.2 Å². The van der Waals surface area contributed by atoms with Crippen LogP contribution in [0.25, 0.3) is 0 Å². The summed E-state index contributed by atoms with van der Waals surface area (Å²) in [6.07, 6.45) is 4.22. The van der Waals surface area contributed by atoms with Crippen molar-refractivity contribution < 1.29 is 4.79 Å². The third-order valence-electron chi connectivity index (χ3n) is 8.61. The van der Waals surface area contributed by atoms with Crippen LogP contribution in [0.15, 0.2) is 29.2 Å². The van der Waals surface area contributed by atoms with Crippen LogP contribution in [0.1, 0.15) is 64.6 Å². The first-order valence-corrected chi connectivity index (χ1v) is 12.8. The molecule has 184 valence electrons. The first kappa shape index (κ1) is 25.1. The number of anilines is 1. The lowest BCUT2D eigenvalue weighted by atomic mass is 9.58. The Bertz CT molecular complexity index is 1150. The maximum Gasteiger partial charge on any atom is 0.288 e. The molecule has 8 heteroatoms. The van der Waals surface area contributed by atoms with Gasteiger partial charge in [-0.2, -0.15) is 5.10 Å². The molecule has 2 aliphatic rings. The smallest absolute Gasteiger partial charge is 0.288 e. The van der Waals surface area contributed by atoms with Crippen molar-refractivity contribution in [2.45, 2.75) is 72.5 Å². The fourth-order valence-corrected chi connectivity index (χ4v) is 5.95. The second-order valence-corrected chi connectivity index (χ2v) is 11.5. The van der Waals surface area contributed by atoms with Crippen LogP contribution in [0.4, 0.5) is 5.69 Å². The predicted molar refractivity (Wildman–Crippen MR) is 137 cm³/mol. The van der Waals surface area contributed by atoms with Crippen LogP contribution in [-0.2, 0) is 17.8 Å². The average molecular weight is 505 g/mol. The number of nitrogens with zero attached hydrogens (tertiary/aromatic N) is 2. The molecule has 0 bridgehead atoms. The van der Waals surface area contributed by atoms with E-state index >= 15 is 0 Å². The molecule has 6 nitrogen and oxygen atoms in total. The summed E-state index contributed by atoms with van der Waals surface area (Å²) < 4.78 is 1.12. The van der Waals surface area contributed by atoms with Gasteiger partial charge in [-0.25, -0.2) is 4.68 Å². The van der Waals surface area contributed by atoms with Gasteiger partial charge in [-0.1, -0.05) is 63.9 Å². The Hall–Kier alpha value is -2.05. The molecule has 2 N–H and O–H groups in total. The molecule has 2 aliphatic carbocycles. The van der Waals surface area contributed by atoms with E-state index in [1.165, 1.54) is 0 Å². The van der Waals surface area contributed by atoms with Crippen molar-refractivity contribution in [2.24, 2.45) is 23.2 Å². The summed E-state index contributed by atoms with van der Waals surface area (Å²) in [7, 11) is 0. The number of hydrogen-bond donors (Lipinski definition) is 2. The molecular weight excluding hydrogens is 471 g/mol. The number of carbonyl (C=O) groups is 1. The van der Waals surface area contributed by atoms with Gasteiger partial charge in [-0.15, -0.1) is 0 Å². The molecule has 1 heterocycles. The second-order valence-electron chi connectivity index (χ2n) is 10.7. The summed E-state index contributed by atoms with van der Waals surface area (Å²) in [4.78, 5) is 25.6. The van der Waals surface area contributed by atoms with E-state index in [4.69, 9.17) is 23.2 Å². The van der Waals surface area contributed by atoms with E-state index in [-0.39, 0.29) is 35.0 Å². The van der Waals surface area contributed by atoms with Crippen molar-refractivity contribution in [3.8, 4) is 0 Å². The fourth-order valence-electron chi connectivity index (χ4n) is 5.55. The van der Waals surface area contributed by atoms with E-state index in [1.54, 1.807) is 6.20 Å². The molecule has 0 spiro atoms. The summed E-state index contributed by atoms with van der Waals surface area (Å²) in [6, 6.07) is 5.83. The van der Waals surface area contributed by atoms with E-state index in [1.807, 2.05) is 18.2 Å². The lowest BCUT2D eigenvalue weighted by molar-refractivity contribution is -0.122. The van der Waals surface area contributed by atoms with Gasteiger partial charge in [0.15, 0.2) is 0 Å². The lowest BCUT2D eigenvalue weighted by Crippen LogP contribution is -2.48. The second kappa shape index (κ2) is 9.54. The summed E-state index contributed by atoms with van der Waals surface area (Å²) in [5.74, 6) is 1.19. The SMILES string of the molecule is C[C@@H]1[C@@H](C)C(C)(C)[C@@H](C)C[C@H]1Nc1cnn(CC(=O)NC2CCc3cc(Cl)ccc32)c(=O)c1Cl. The molecule has 1 amide bonds. The molecule has 0 aliphatic heterocycles. The summed E-state index contributed by atoms with van der Waals surface area (Å²) in [5.41, 5.74) is 2.54. The Kier molecular flexibility index (Phi) is 7.03. The molecule has 1 fully saturated rings. The van der Waals surface area contributed by atoms with Gasteiger partial charge in [-0.3, -0.25) is 9.59 Å². The minimum absolute atomic E-state index is 0.0704. The number of hydrogen-bond acceptors (Lipinski definition) is 4. The van der Waals surface area contributed by atoms with Gasteiger partial charge in [0.05, 0.1) is 17.9 Å². The highest BCUT2D eigenvalue weighted by Gasteiger charge is 2.43. The summed E-state index contributed by atoms with van der Waals surface area (Å²) >= 11 is 12.5. The summed E-state index contributed by atoms with van der Waals surface area (Å²) in [6.45, 7) is 11.3. The van der Waals surface area contributed by atoms with Crippen molar-refractivity contribution in [3.63, 3.8) is 0 Å². The van der Waals surface area contributed by atoms with Crippen molar-refractivity contribution in [2.75, 3.05) is 5.32 Å². The normalized spacial score (nSPS) is 27.8. The zero-order chi connectivity index (χ0) is 24.8. The van der Waals surface area contributed by atoms with Crippen molar-refractivity contribution in [1.29, 1.82) is 0 Å². The fraction of sp³-hybridized carbons (Fsp3) is 0.577. The topological polar surface area (TPSA) is 76.0 Å². The quantitative estimate of drug-likeness (QED) is 0.565. The Morgan fingerprint density at radius 1 is 1.24 bits per heavy atom. The first-order chi connectivity index (χ1) is 16.0. The zero-order valence-electron chi connectivity index (χ0n) is 20.5. The number of aryl methyl sites for hydroxylation is 1. The molecule has 34 heavy (non-hydrogen) atoms. The number of aromatic nitrogens is 2. The van der Waals surface area contributed by atoms with E-state index < -0.39 is 5.56 Å². The van der Waals surface area contributed by atoms with Crippen LogP contribution >= 0.6 is 23.2 Å². The molecule has 5 atom stereocenters. The molecule has 1 unspecified atom stereocenters. The number of rotatable bonds is 5. The Morgan fingerprint density at radius 2 is 1.97 bits per heavy atom. The van der Waals surface area contributed by atoms with E-state index in [0.29, 0.717) is 28.5 Å². The van der Waals surface area contributed by atoms with Gasteiger partial charge >= 0.3 is 0 Å². The number of halogens is 2. The number of fused-ring (bicyclic) bond motifs is 1. The molecule has 1 aromatic carbocycles. The Labute approximate surface area is 211 Å². The lowest BCUT2D eigenvalue weighted by Gasteiger charge is -2.50. The Balaban J connectivity index is 1.43. The van der Waals surface area contributed by atoms with Crippen LogP contribution in [0.3, 0.4) is 0 Å². The van der Waals surface area contributed by atoms with Crippen molar-refractivity contribution in [1.82, 2.24) is 15.1 Å². The van der Waals surface area contributed by atoms with Gasteiger partial charge in [0.25, 0.3) is 5.56 Å². The van der Waals surface area contributed by atoms with Gasteiger partial charge in [0.1, 0.15) is 11.6 Å². The van der Waals surface area contributed by atoms with Crippen molar-refractivity contribution in [3.05, 3.63) is 55.9 Å². The van der Waals surface area contributed by atoms with Crippen LogP contribution in [-0.4, -0.2) is 21.7 Å².